The molecule has 0 aromatic carbocycles. The quantitative estimate of drug-likeness (QED) is 0.887. The fraction of sp³-hybridized carbons (Fsp3) is 0.667. The molecule has 0 radical (unpaired) electrons. The highest BCUT2D eigenvalue weighted by atomic mass is 19.1. The zero-order valence-corrected chi connectivity index (χ0v) is 11.9. The van der Waals surface area contributed by atoms with Gasteiger partial charge in [0.25, 0.3) is 0 Å². The van der Waals surface area contributed by atoms with Crippen LogP contribution in [0, 0.1) is 17.7 Å². The summed E-state index contributed by atoms with van der Waals surface area (Å²) in [6, 6.07) is 3.26. The van der Waals surface area contributed by atoms with E-state index in [9.17, 15) is 4.39 Å². The van der Waals surface area contributed by atoms with Crippen molar-refractivity contribution in [3.8, 4) is 0 Å². The first-order valence-corrected chi connectivity index (χ1v) is 7.22. The molecule has 0 aliphatic carbocycles. The standard InChI is InChI=1S/C15H24FN3/c1-12(2)9-17-10-13-5-7-19(8-6-13)15-4-3-14(16)11-18-15/h3-4,11-13,17H,5-10H2,1-2H3. The lowest BCUT2D eigenvalue weighted by molar-refractivity contribution is 0.373. The van der Waals surface area contributed by atoms with Gasteiger partial charge in [0.15, 0.2) is 0 Å². The van der Waals surface area contributed by atoms with E-state index in [-0.39, 0.29) is 5.82 Å². The highest BCUT2D eigenvalue weighted by molar-refractivity contribution is 5.38. The van der Waals surface area contributed by atoms with Gasteiger partial charge in [0, 0.05) is 13.1 Å². The molecule has 106 valence electrons. The minimum atomic E-state index is -0.267. The molecule has 0 amide bonds. The van der Waals surface area contributed by atoms with E-state index in [1.165, 1.54) is 25.1 Å². The van der Waals surface area contributed by atoms with Crippen molar-refractivity contribution in [2.45, 2.75) is 26.7 Å². The molecule has 0 unspecified atom stereocenters. The van der Waals surface area contributed by atoms with E-state index in [4.69, 9.17) is 0 Å². The van der Waals surface area contributed by atoms with E-state index in [1.807, 2.05) is 0 Å². The number of hydrogen-bond donors (Lipinski definition) is 1. The van der Waals surface area contributed by atoms with E-state index in [0.717, 1.165) is 37.9 Å². The molecule has 3 nitrogen and oxygen atoms in total. The first kappa shape index (κ1) is 14.3. The molecule has 2 rings (SSSR count). The molecule has 1 aromatic rings. The smallest absolute Gasteiger partial charge is 0.141 e. The lowest BCUT2D eigenvalue weighted by atomic mass is 9.96. The number of nitrogens with zero attached hydrogens (tertiary/aromatic N) is 2. The highest BCUT2D eigenvalue weighted by Crippen LogP contribution is 2.21. The number of aromatic nitrogens is 1. The van der Waals surface area contributed by atoms with Crippen LogP contribution in [-0.4, -0.2) is 31.2 Å². The lowest BCUT2D eigenvalue weighted by Crippen LogP contribution is -2.38. The van der Waals surface area contributed by atoms with Gasteiger partial charge < -0.3 is 10.2 Å². The van der Waals surface area contributed by atoms with Gasteiger partial charge in [0.1, 0.15) is 11.6 Å². The Balaban J connectivity index is 1.74. The number of rotatable bonds is 5. The zero-order valence-electron chi connectivity index (χ0n) is 11.9. The zero-order chi connectivity index (χ0) is 13.7. The number of pyridine rings is 1. The van der Waals surface area contributed by atoms with Crippen LogP contribution in [0.5, 0.6) is 0 Å². The molecule has 1 aliphatic rings. The van der Waals surface area contributed by atoms with E-state index >= 15 is 0 Å². The first-order valence-electron chi connectivity index (χ1n) is 7.22. The molecule has 1 fully saturated rings. The second-order valence-electron chi connectivity index (χ2n) is 5.82. The number of piperidine rings is 1. The Labute approximate surface area is 115 Å². The van der Waals surface area contributed by atoms with Crippen LogP contribution in [0.25, 0.3) is 0 Å². The Hall–Kier alpha value is -1.16. The van der Waals surface area contributed by atoms with Gasteiger partial charge >= 0.3 is 0 Å². The Morgan fingerprint density at radius 2 is 2.11 bits per heavy atom. The molecule has 0 saturated carbocycles. The molecular formula is C15H24FN3. The summed E-state index contributed by atoms with van der Waals surface area (Å²) in [6.07, 6.45) is 3.67. The van der Waals surface area contributed by atoms with Crippen molar-refractivity contribution in [1.29, 1.82) is 0 Å². The van der Waals surface area contributed by atoms with Crippen LogP contribution in [0.4, 0.5) is 10.2 Å². The Morgan fingerprint density at radius 3 is 2.68 bits per heavy atom. The van der Waals surface area contributed by atoms with Crippen LogP contribution < -0.4 is 10.2 Å². The molecule has 2 heterocycles. The van der Waals surface area contributed by atoms with Gasteiger partial charge in [-0.25, -0.2) is 9.37 Å². The SMILES string of the molecule is CC(C)CNCC1CCN(c2ccc(F)cn2)CC1. The summed E-state index contributed by atoms with van der Waals surface area (Å²) >= 11 is 0. The molecule has 4 heteroatoms. The lowest BCUT2D eigenvalue weighted by Gasteiger charge is -2.33. The predicted molar refractivity (Wildman–Crippen MR) is 76.8 cm³/mol. The fourth-order valence-electron chi connectivity index (χ4n) is 2.50. The summed E-state index contributed by atoms with van der Waals surface area (Å²) in [6.45, 7) is 8.72. The number of halogens is 1. The van der Waals surface area contributed by atoms with Gasteiger partial charge in [-0.1, -0.05) is 13.8 Å². The van der Waals surface area contributed by atoms with Crippen molar-refractivity contribution in [3.63, 3.8) is 0 Å². The molecular weight excluding hydrogens is 241 g/mol. The minimum absolute atomic E-state index is 0.267. The summed E-state index contributed by atoms with van der Waals surface area (Å²) in [7, 11) is 0. The molecule has 1 N–H and O–H groups in total. The first-order chi connectivity index (χ1) is 9.15. The largest absolute Gasteiger partial charge is 0.357 e. The second kappa shape index (κ2) is 6.85. The van der Waals surface area contributed by atoms with E-state index < -0.39 is 0 Å². The van der Waals surface area contributed by atoms with Crippen molar-refractivity contribution >= 4 is 5.82 Å². The third kappa shape index (κ3) is 4.46. The van der Waals surface area contributed by atoms with Crippen LogP contribution in [0.1, 0.15) is 26.7 Å². The maximum Gasteiger partial charge on any atom is 0.141 e. The van der Waals surface area contributed by atoms with Gasteiger partial charge in [-0.05, 0) is 49.9 Å². The fourth-order valence-corrected chi connectivity index (χ4v) is 2.50. The average molecular weight is 265 g/mol. The molecule has 0 atom stereocenters. The van der Waals surface area contributed by atoms with Crippen molar-refractivity contribution in [2.75, 3.05) is 31.1 Å². The van der Waals surface area contributed by atoms with Crippen molar-refractivity contribution in [2.24, 2.45) is 11.8 Å². The van der Waals surface area contributed by atoms with E-state index in [2.05, 4.69) is 29.0 Å². The van der Waals surface area contributed by atoms with Gasteiger partial charge in [-0.15, -0.1) is 0 Å². The summed E-state index contributed by atoms with van der Waals surface area (Å²) in [4.78, 5) is 6.40. The Kier molecular flexibility index (Phi) is 5.14. The van der Waals surface area contributed by atoms with Gasteiger partial charge in [-0.3, -0.25) is 0 Å². The van der Waals surface area contributed by atoms with Crippen LogP contribution in [-0.2, 0) is 0 Å². The maximum absolute atomic E-state index is 12.8. The minimum Gasteiger partial charge on any atom is -0.357 e. The van der Waals surface area contributed by atoms with Gasteiger partial charge in [0.05, 0.1) is 6.20 Å². The van der Waals surface area contributed by atoms with Crippen molar-refractivity contribution in [1.82, 2.24) is 10.3 Å². The molecule has 1 aliphatic heterocycles. The summed E-state index contributed by atoms with van der Waals surface area (Å²) < 4.78 is 12.8. The molecule has 1 aromatic heterocycles. The third-order valence-electron chi connectivity index (χ3n) is 3.64. The van der Waals surface area contributed by atoms with Crippen LogP contribution >= 0.6 is 0 Å². The third-order valence-corrected chi connectivity index (χ3v) is 3.64. The number of hydrogen-bond acceptors (Lipinski definition) is 3. The van der Waals surface area contributed by atoms with Gasteiger partial charge in [0.2, 0.25) is 0 Å². The van der Waals surface area contributed by atoms with E-state index in [0.29, 0.717) is 5.92 Å². The predicted octanol–water partition coefficient (Wildman–Crippen LogP) is 2.68. The molecule has 19 heavy (non-hydrogen) atoms. The van der Waals surface area contributed by atoms with Crippen molar-refractivity contribution < 1.29 is 4.39 Å². The van der Waals surface area contributed by atoms with Crippen LogP contribution in [0.15, 0.2) is 18.3 Å². The Morgan fingerprint density at radius 1 is 1.37 bits per heavy atom. The maximum atomic E-state index is 12.8. The summed E-state index contributed by atoms with van der Waals surface area (Å²) in [5, 5.41) is 3.53. The summed E-state index contributed by atoms with van der Waals surface area (Å²) in [5.41, 5.74) is 0. The Bertz CT molecular complexity index is 369. The highest BCUT2D eigenvalue weighted by Gasteiger charge is 2.19. The normalized spacial score (nSPS) is 17.2. The monoisotopic (exact) mass is 265 g/mol. The molecule has 1 saturated heterocycles. The summed E-state index contributed by atoms with van der Waals surface area (Å²) in [5.74, 6) is 2.10. The van der Waals surface area contributed by atoms with E-state index in [1.54, 1.807) is 6.07 Å². The van der Waals surface area contributed by atoms with Crippen molar-refractivity contribution in [3.05, 3.63) is 24.1 Å². The van der Waals surface area contributed by atoms with Crippen LogP contribution in [0.3, 0.4) is 0 Å². The number of anilines is 1. The molecule has 0 bridgehead atoms. The molecule has 0 spiro atoms. The average Bonchev–Trinajstić information content (AvgIpc) is 2.40. The number of nitrogens with one attached hydrogen (secondary N) is 1. The topological polar surface area (TPSA) is 28.2 Å². The van der Waals surface area contributed by atoms with Crippen LogP contribution in [0.2, 0.25) is 0 Å². The van der Waals surface area contributed by atoms with Gasteiger partial charge in [-0.2, -0.15) is 0 Å². The second-order valence-corrected chi connectivity index (χ2v) is 5.82.